The van der Waals surface area contributed by atoms with E-state index in [1.807, 2.05) is 0 Å². The molecular formula is C14H17NO3. The molecule has 4 unspecified atom stereocenters. The average Bonchev–Trinajstić information content (AvgIpc) is 2.81. The minimum atomic E-state index is -0.350. The molecule has 0 N–H and O–H groups in total. The summed E-state index contributed by atoms with van der Waals surface area (Å²) in [6.45, 7) is 8.73. The third kappa shape index (κ3) is 1.72. The van der Waals surface area contributed by atoms with Crippen molar-refractivity contribution in [3.63, 3.8) is 0 Å². The van der Waals surface area contributed by atoms with E-state index in [0.29, 0.717) is 0 Å². The summed E-state index contributed by atoms with van der Waals surface area (Å²) in [4.78, 5) is 36.7. The van der Waals surface area contributed by atoms with E-state index in [1.54, 1.807) is 12.2 Å². The van der Waals surface area contributed by atoms with Gasteiger partial charge in [0.1, 0.15) is 5.78 Å². The van der Waals surface area contributed by atoms with Crippen LogP contribution in [-0.4, -0.2) is 29.0 Å². The largest absolute Gasteiger partial charge is 0.298 e. The van der Waals surface area contributed by atoms with Gasteiger partial charge < -0.3 is 0 Å². The summed E-state index contributed by atoms with van der Waals surface area (Å²) in [5, 5.41) is 0. The van der Waals surface area contributed by atoms with Gasteiger partial charge in [-0.05, 0) is 25.2 Å². The smallest absolute Gasteiger partial charge is 0.234 e. The lowest BCUT2D eigenvalue weighted by Crippen LogP contribution is -2.36. The van der Waals surface area contributed by atoms with Gasteiger partial charge in [-0.3, -0.25) is 19.3 Å². The Kier molecular flexibility index (Phi) is 3.20. The minimum absolute atomic E-state index is 0.00593. The van der Waals surface area contributed by atoms with Crippen LogP contribution in [0.5, 0.6) is 0 Å². The van der Waals surface area contributed by atoms with Gasteiger partial charge in [0.15, 0.2) is 0 Å². The van der Waals surface area contributed by atoms with Crippen LogP contribution in [0.25, 0.3) is 0 Å². The Balaban J connectivity index is 2.33. The van der Waals surface area contributed by atoms with Crippen molar-refractivity contribution < 1.29 is 14.4 Å². The van der Waals surface area contributed by atoms with Gasteiger partial charge in [0.25, 0.3) is 0 Å². The van der Waals surface area contributed by atoms with Crippen LogP contribution in [0.3, 0.4) is 0 Å². The number of amides is 2. The van der Waals surface area contributed by atoms with Crippen LogP contribution in [0, 0.1) is 23.7 Å². The van der Waals surface area contributed by atoms with Gasteiger partial charge in [-0.2, -0.15) is 0 Å². The maximum atomic E-state index is 12.2. The van der Waals surface area contributed by atoms with E-state index in [2.05, 4.69) is 13.2 Å². The number of nitrogens with zero attached hydrogens (tertiary/aromatic N) is 1. The lowest BCUT2D eigenvalue weighted by Gasteiger charge is -2.17. The molecule has 0 radical (unpaired) electrons. The summed E-state index contributed by atoms with van der Waals surface area (Å²) in [7, 11) is 0. The number of Topliss-reactive ketones (excluding diaryl/α,β-unsaturated/α-hetero) is 1. The first-order chi connectivity index (χ1) is 8.51. The number of hydrogen-bond donors (Lipinski definition) is 0. The second-order valence-corrected chi connectivity index (χ2v) is 5.05. The summed E-state index contributed by atoms with van der Waals surface area (Å²) in [5.74, 6) is -1.32. The number of ketones is 1. The van der Waals surface area contributed by atoms with E-state index in [0.717, 1.165) is 11.3 Å². The number of likely N-dealkylation sites (tertiary alicyclic amines) is 1. The molecule has 0 spiro atoms. The number of imide groups is 1. The highest BCUT2D eigenvalue weighted by Crippen LogP contribution is 2.48. The zero-order chi connectivity index (χ0) is 13.4. The standard InChI is InChI=1S/C14H17NO3/c1-4-9-6-10(5-2)12-11(9)13(17)15(14(12)18)7-8(3)16/h4-5,9-12H,1-2,6-7H2,3H3. The number of carbonyl (C=O) groups excluding carboxylic acids is 3. The van der Waals surface area contributed by atoms with E-state index in [-0.39, 0.29) is 47.8 Å². The first-order valence-corrected chi connectivity index (χ1v) is 6.11. The molecule has 4 nitrogen and oxygen atoms in total. The van der Waals surface area contributed by atoms with Crippen LogP contribution in [0.4, 0.5) is 0 Å². The van der Waals surface area contributed by atoms with Crippen molar-refractivity contribution in [2.45, 2.75) is 13.3 Å². The molecular weight excluding hydrogens is 230 g/mol. The Hall–Kier alpha value is -1.71. The fourth-order valence-electron chi connectivity index (χ4n) is 3.15. The molecule has 0 aromatic carbocycles. The van der Waals surface area contributed by atoms with Gasteiger partial charge in [0, 0.05) is 0 Å². The quantitative estimate of drug-likeness (QED) is 0.554. The molecule has 1 saturated carbocycles. The normalized spacial score (nSPS) is 34.6. The van der Waals surface area contributed by atoms with Crippen molar-refractivity contribution in [2.24, 2.45) is 23.7 Å². The summed E-state index contributed by atoms with van der Waals surface area (Å²) >= 11 is 0. The van der Waals surface area contributed by atoms with Crippen LogP contribution < -0.4 is 0 Å². The highest BCUT2D eigenvalue weighted by Gasteiger charge is 2.57. The summed E-state index contributed by atoms with van der Waals surface area (Å²) < 4.78 is 0. The van der Waals surface area contributed by atoms with Gasteiger partial charge >= 0.3 is 0 Å². The van der Waals surface area contributed by atoms with E-state index >= 15 is 0 Å². The molecule has 1 aliphatic heterocycles. The van der Waals surface area contributed by atoms with Gasteiger partial charge in [0.05, 0.1) is 18.4 Å². The van der Waals surface area contributed by atoms with E-state index in [4.69, 9.17) is 0 Å². The molecule has 1 saturated heterocycles. The minimum Gasteiger partial charge on any atom is -0.298 e. The molecule has 2 fully saturated rings. The van der Waals surface area contributed by atoms with Crippen LogP contribution in [-0.2, 0) is 14.4 Å². The van der Waals surface area contributed by atoms with Crippen molar-refractivity contribution in [1.82, 2.24) is 4.90 Å². The van der Waals surface area contributed by atoms with Crippen LogP contribution in [0.15, 0.2) is 25.3 Å². The highest BCUT2D eigenvalue weighted by molar-refractivity contribution is 6.08. The third-order valence-electron chi connectivity index (χ3n) is 3.94. The number of rotatable bonds is 4. The van der Waals surface area contributed by atoms with Crippen molar-refractivity contribution in [3.05, 3.63) is 25.3 Å². The fourth-order valence-corrected chi connectivity index (χ4v) is 3.15. The lowest BCUT2D eigenvalue weighted by atomic mass is 9.89. The Morgan fingerprint density at radius 1 is 1.22 bits per heavy atom. The van der Waals surface area contributed by atoms with E-state index < -0.39 is 0 Å². The SMILES string of the molecule is C=CC1CC(C=C)C2C(=O)N(CC(C)=O)C(=O)C12. The van der Waals surface area contributed by atoms with Gasteiger partial charge in [0.2, 0.25) is 11.8 Å². The first kappa shape index (κ1) is 12.7. The molecule has 1 heterocycles. The van der Waals surface area contributed by atoms with Gasteiger partial charge in [-0.25, -0.2) is 0 Å². The molecule has 0 aromatic rings. The maximum absolute atomic E-state index is 12.2. The van der Waals surface area contributed by atoms with Gasteiger partial charge in [-0.1, -0.05) is 12.2 Å². The topological polar surface area (TPSA) is 54.5 Å². The Bertz CT molecular complexity index is 408. The molecule has 4 heteroatoms. The predicted octanol–water partition coefficient (Wildman–Crippen LogP) is 1.18. The molecule has 0 bridgehead atoms. The average molecular weight is 247 g/mol. The molecule has 4 atom stereocenters. The maximum Gasteiger partial charge on any atom is 0.234 e. The number of allylic oxidation sites excluding steroid dienone is 2. The molecule has 96 valence electrons. The lowest BCUT2D eigenvalue weighted by molar-refractivity contribution is -0.143. The molecule has 2 rings (SSSR count). The third-order valence-corrected chi connectivity index (χ3v) is 3.94. The molecule has 18 heavy (non-hydrogen) atoms. The van der Waals surface area contributed by atoms with Crippen LogP contribution >= 0.6 is 0 Å². The zero-order valence-corrected chi connectivity index (χ0v) is 10.5. The van der Waals surface area contributed by atoms with Crippen LogP contribution in [0.2, 0.25) is 0 Å². The first-order valence-electron chi connectivity index (χ1n) is 6.11. The Morgan fingerprint density at radius 2 is 1.67 bits per heavy atom. The second-order valence-electron chi connectivity index (χ2n) is 5.05. The monoisotopic (exact) mass is 247 g/mol. The van der Waals surface area contributed by atoms with Gasteiger partial charge in [-0.15, -0.1) is 13.2 Å². The van der Waals surface area contributed by atoms with E-state index in [9.17, 15) is 14.4 Å². The van der Waals surface area contributed by atoms with Crippen molar-refractivity contribution in [3.8, 4) is 0 Å². The second kappa shape index (κ2) is 4.52. The number of hydrogen-bond acceptors (Lipinski definition) is 3. The fraction of sp³-hybridized carbons (Fsp3) is 0.500. The molecule has 1 aliphatic carbocycles. The molecule has 0 aromatic heterocycles. The Labute approximate surface area is 106 Å². The number of carbonyl (C=O) groups is 3. The Morgan fingerprint density at radius 3 is 2.00 bits per heavy atom. The molecule has 2 aliphatic rings. The summed E-state index contributed by atoms with van der Waals surface area (Å²) in [5.41, 5.74) is 0. The van der Waals surface area contributed by atoms with Crippen molar-refractivity contribution in [1.29, 1.82) is 0 Å². The van der Waals surface area contributed by atoms with Crippen molar-refractivity contribution in [2.75, 3.05) is 6.54 Å². The summed E-state index contributed by atoms with van der Waals surface area (Å²) in [6, 6.07) is 0. The summed E-state index contributed by atoms with van der Waals surface area (Å²) in [6.07, 6.45) is 4.22. The van der Waals surface area contributed by atoms with Crippen LogP contribution in [0.1, 0.15) is 13.3 Å². The number of fused-ring (bicyclic) bond motifs is 1. The predicted molar refractivity (Wildman–Crippen MR) is 66.4 cm³/mol. The zero-order valence-electron chi connectivity index (χ0n) is 10.5. The van der Waals surface area contributed by atoms with E-state index in [1.165, 1.54) is 6.92 Å². The highest BCUT2D eigenvalue weighted by atomic mass is 16.2. The van der Waals surface area contributed by atoms with Crippen molar-refractivity contribution >= 4 is 17.6 Å². The molecule has 2 amide bonds.